The molecule has 112 valence electrons. The van der Waals surface area contributed by atoms with E-state index in [-0.39, 0.29) is 33.5 Å². The first-order valence-electron chi connectivity index (χ1n) is 5.90. The first-order valence-corrected chi connectivity index (χ1v) is 8.15. The van der Waals surface area contributed by atoms with Crippen molar-refractivity contribution in [2.45, 2.75) is 23.2 Å². The van der Waals surface area contributed by atoms with Crippen LogP contribution in [0.2, 0.25) is 0 Å². The highest BCUT2D eigenvalue weighted by atomic mass is 32.2. The molecule has 1 fully saturated rings. The summed E-state index contributed by atoms with van der Waals surface area (Å²) in [4.78, 5) is 10.00. The molecule has 0 bridgehead atoms. The van der Waals surface area contributed by atoms with Gasteiger partial charge in [-0.3, -0.25) is 10.1 Å². The van der Waals surface area contributed by atoms with Crippen LogP contribution in [0, 0.1) is 16.0 Å². The molecule has 1 saturated carbocycles. The van der Waals surface area contributed by atoms with Crippen molar-refractivity contribution in [2.75, 3.05) is 19.3 Å². The molecule has 0 radical (unpaired) electrons. The van der Waals surface area contributed by atoms with Gasteiger partial charge in [0.2, 0.25) is 0 Å². The van der Waals surface area contributed by atoms with Gasteiger partial charge in [0.25, 0.3) is 10.0 Å². The summed E-state index contributed by atoms with van der Waals surface area (Å²) in [5.41, 5.74) is 5.07. The lowest BCUT2D eigenvalue weighted by molar-refractivity contribution is -0.383. The fourth-order valence-corrected chi connectivity index (χ4v) is 4.78. The fourth-order valence-electron chi connectivity index (χ4n) is 2.11. The number of aliphatic hydroxyl groups excluding tert-OH is 1. The SMILES string of the molecule is CN(CC1CC(O)C1)S(=O)(=O)c1cc([N+](=O)[O-])c(N)s1. The van der Waals surface area contributed by atoms with Gasteiger partial charge < -0.3 is 10.8 Å². The molecule has 1 aliphatic carbocycles. The summed E-state index contributed by atoms with van der Waals surface area (Å²) in [5.74, 6) is 0.122. The van der Waals surface area contributed by atoms with Gasteiger partial charge in [-0.2, -0.15) is 4.31 Å². The molecule has 0 unspecified atom stereocenters. The molecule has 0 saturated heterocycles. The number of rotatable bonds is 5. The van der Waals surface area contributed by atoms with E-state index in [0.717, 1.165) is 10.4 Å². The topological polar surface area (TPSA) is 127 Å². The lowest BCUT2D eigenvalue weighted by atomic mass is 9.82. The number of nitrogen functional groups attached to an aromatic ring is 1. The number of nitrogens with zero attached hydrogens (tertiary/aromatic N) is 2. The number of hydrogen-bond acceptors (Lipinski definition) is 7. The number of nitrogens with two attached hydrogens (primary N) is 1. The minimum atomic E-state index is -3.78. The summed E-state index contributed by atoms with van der Waals surface area (Å²) in [6.45, 7) is 0.283. The van der Waals surface area contributed by atoms with Crippen LogP contribution in [0.25, 0.3) is 0 Å². The van der Waals surface area contributed by atoms with Crippen molar-refractivity contribution in [1.29, 1.82) is 0 Å². The second-order valence-corrected chi connectivity index (χ2v) is 8.20. The summed E-state index contributed by atoms with van der Waals surface area (Å²) in [6, 6.07) is 0.988. The van der Waals surface area contributed by atoms with Crippen LogP contribution in [0.5, 0.6) is 0 Å². The van der Waals surface area contributed by atoms with Crippen molar-refractivity contribution >= 4 is 32.0 Å². The van der Waals surface area contributed by atoms with E-state index < -0.39 is 14.9 Å². The second kappa shape index (κ2) is 5.28. The molecule has 1 aliphatic rings. The smallest absolute Gasteiger partial charge is 0.304 e. The fraction of sp³-hybridized carbons (Fsp3) is 0.600. The predicted octanol–water partition coefficient (Wildman–Crippen LogP) is 0.630. The molecule has 1 heterocycles. The maximum Gasteiger partial charge on any atom is 0.304 e. The van der Waals surface area contributed by atoms with Crippen molar-refractivity contribution in [1.82, 2.24) is 4.31 Å². The minimum Gasteiger partial charge on any atom is -0.393 e. The predicted molar refractivity (Wildman–Crippen MR) is 73.9 cm³/mol. The minimum absolute atomic E-state index is 0.122. The Morgan fingerprint density at radius 1 is 1.60 bits per heavy atom. The molecule has 0 amide bonds. The van der Waals surface area contributed by atoms with Gasteiger partial charge in [-0.15, -0.1) is 0 Å². The molecule has 1 aromatic heterocycles. The average Bonchev–Trinajstić information content (AvgIpc) is 2.69. The van der Waals surface area contributed by atoms with E-state index >= 15 is 0 Å². The van der Waals surface area contributed by atoms with E-state index in [4.69, 9.17) is 5.73 Å². The second-order valence-electron chi connectivity index (χ2n) is 4.85. The number of thiophene rings is 1. The van der Waals surface area contributed by atoms with E-state index in [1.165, 1.54) is 7.05 Å². The quantitative estimate of drug-likeness (QED) is 0.605. The van der Waals surface area contributed by atoms with E-state index in [1.807, 2.05) is 0 Å². The third-order valence-electron chi connectivity index (χ3n) is 3.30. The van der Waals surface area contributed by atoms with Crippen LogP contribution in [0.4, 0.5) is 10.7 Å². The van der Waals surface area contributed by atoms with Gasteiger partial charge in [-0.25, -0.2) is 8.42 Å². The summed E-state index contributed by atoms with van der Waals surface area (Å²) in [7, 11) is -2.36. The van der Waals surface area contributed by atoms with Gasteiger partial charge in [-0.05, 0) is 18.8 Å². The average molecular weight is 321 g/mol. The highest BCUT2D eigenvalue weighted by Gasteiger charge is 2.33. The molecule has 0 atom stereocenters. The van der Waals surface area contributed by atoms with Crippen LogP contribution in [-0.4, -0.2) is 42.4 Å². The third-order valence-corrected chi connectivity index (χ3v) is 6.53. The number of aliphatic hydroxyl groups is 1. The monoisotopic (exact) mass is 321 g/mol. The van der Waals surface area contributed by atoms with Crippen LogP contribution in [-0.2, 0) is 10.0 Å². The van der Waals surface area contributed by atoms with Crippen LogP contribution >= 0.6 is 11.3 Å². The zero-order valence-electron chi connectivity index (χ0n) is 10.7. The Morgan fingerprint density at radius 3 is 2.65 bits per heavy atom. The molecule has 20 heavy (non-hydrogen) atoms. The van der Waals surface area contributed by atoms with Crippen molar-refractivity contribution in [3.63, 3.8) is 0 Å². The Balaban J connectivity index is 2.17. The Kier molecular flexibility index (Phi) is 4.00. The molecule has 0 aliphatic heterocycles. The number of anilines is 1. The molecule has 8 nitrogen and oxygen atoms in total. The summed E-state index contributed by atoms with van der Waals surface area (Å²) in [5, 5.41) is 19.8. The van der Waals surface area contributed by atoms with Crippen LogP contribution in [0.3, 0.4) is 0 Å². The van der Waals surface area contributed by atoms with Gasteiger partial charge in [0.15, 0.2) is 5.00 Å². The lowest BCUT2D eigenvalue weighted by Crippen LogP contribution is -2.39. The number of nitro groups is 1. The van der Waals surface area contributed by atoms with Crippen molar-refractivity contribution in [3.05, 3.63) is 16.2 Å². The van der Waals surface area contributed by atoms with E-state index in [0.29, 0.717) is 24.2 Å². The molecular weight excluding hydrogens is 306 g/mol. The van der Waals surface area contributed by atoms with Gasteiger partial charge in [0.05, 0.1) is 11.0 Å². The first kappa shape index (κ1) is 15.2. The molecule has 10 heteroatoms. The van der Waals surface area contributed by atoms with Crippen LogP contribution in [0.15, 0.2) is 10.3 Å². The van der Waals surface area contributed by atoms with Gasteiger partial charge in [-0.1, -0.05) is 11.3 Å². The third kappa shape index (κ3) is 2.77. The number of hydrogen-bond donors (Lipinski definition) is 2. The van der Waals surface area contributed by atoms with Gasteiger partial charge in [0, 0.05) is 19.7 Å². The standard InChI is InChI=1S/C10H15N3O5S2/c1-12(5-6-2-7(14)3-6)20(17,18)9-4-8(13(15)16)10(11)19-9/h4,6-7,14H,2-3,5,11H2,1H3. The summed E-state index contributed by atoms with van der Waals surface area (Å²) >= 11 is 0.688. The zero-order chi connectivity index (χ0) is 15.1. The largest absolute Gasteiger partial charge is 0.393 e. The molecular formula is C10H15N3O5S2. The Bertz CT molecular complexity index is 621. The highest BCUT2D eigenvalue weighted by Crippen LogP contribution is 2.36. The normalized spacial score (nSPS) is 22.8. The van der Waals surface area contributed by atoms with Crippen LogP contribution < -0.4 is 5.73 Å². The highest BCUT2D eigenvalue weighted by molar-refractivity contribution is 7.91. The Hall–Kier alpha value is -1.23. The molecule has 0 spiro atoms. The number of sulfonamides is 1. The van der Waals surface area contributed by atoms with Crippen molar-refractivity contribution < 1.29 is 18.4 Å². The molecule has 2 rings (SSSR count). The van der Waals surface area contributed by atoms with E-state index in [9.17, 15) is 23.6 Å². The summed E-state index contributed by atoms with van der Waals surface area (Å²) < 4.78 is 25.6. The van der Waals surface area contributed by atoms with Crippen molar-refractivity contribution in [3.8, 4) is 0 Å². The summed E-state index contributed by atoms with van der Waals surface area (Å²) in [6.07, 6.45) is 0.800. The van der Waals surface area contributed by atoms with Crippen LogP contribution in [0.1, 0.15) is 12.8 Å². The lowest BCUT2D eigenvalue weighted by Gasteiger charge is -2.33. The van der Waals surface area contributed by atoms with Crippen molar-refractivity contribution in [2.24, 2.45) is 5.92 Å². The molecule has 3 N–H and O–H groups in total. The first-order chi connectivity index (χ1) is 9.21. The zero-order valence-corrected chi connectivity index (χ0v) is 12.4. The molecule has 0 aromatic carbocycles. The maximum atomic E-state index is 12.3. The van der Waals surface area contributed by atoms with Gasteiger partial charge >= 0.3 is 5.69 Å². The van der Waals surface area contributed by atoms with E-state index in [2.05, 4.69) is 0 Å². The van der Waals surface area contributed by atoms with Gasteiger partial charge in [0.1, 0.15) is 4.21 Å². The van der Waals surface area contributed by atoms with E-state index in [1.54, 1.807) is 0 Å². The Labute approximate surface area is 120 Å². The maximum absolute atomic E-state index is 12.3. The Morgan fingerprint density at radius 2 is 2.20 bits per heavy atom. The molecule has 1 aromatic rings.